The zero-order valence-electron chi connectivity index (χ0n) is 7.38. The van der Waals surface area contributed by atoms with Crippen LogP contribution in [0.25, 0.3) is 0 Å². The van der Waals surface area contributed by atoms with E-state index in [-0.39, 0.29) is 25.3 Å². The van der Waals surface area contributed by atoms with E-state index in [9.17, 15) is 8.78 Å². The van der Waals surface area contributed by atoms with E-state index in [1.54, 1.807) is 0 Å². The predicted octanol–water partition coefficient (Wildman–Crippen LogP) is 0.381. The maximum absolute atomic E-state index is 11.8. The summed E-state index contributed by atoms with van der Waals surface area (Å²) in [5.41, 5.74) is 0. The molecule has 0 aromatic heterocycles. The first-order valence-corrected chi connectivity index (χ1v) is 4.48. The fourth-order valence-electron chi connectivity index (χ4n) is 1.47. The summed E-state index contributed by atoms with van der Waals surface area (Å²) in [5, 5.41) is 11.5. The second-order valence-corrected chi connectivity index (χ2v) is 3.14. The lowest BCUT2D eigenvalue weighted by Gasteiger charge is -2.21. The monoisotopic (exact) mass is 195 g/mol. The van der Waals surface area contributed by atoms with Crippen molar-refractivity contribution in [2.75, 3.05) is 19.8 Å². The van der Waals surface area contributed by atoms with Gasteiger partial charge in [0, 0.05) is 6.61 Å². The van der Waals surface area contributed by atoms with Gasteiger partial charge in [0.25, 0.3) is 6.43 Å². The van der Waals surface area contributed by atoms with Gasteiger partial charge in [-0.2, -0.15) is 0 Å². The van der Waals surface area contributed by atoms with E-state index in [1.807, 2.05) is 0 Å². The van der Waals surface area contributed by atoms with E-state index < -0.39 is 6.43 Å². The smallest absolute Gasteiger partial charge is 0.250 e. The molecule has 2 N–H and O–H groups in total. The molecular formula is C8H15F2NO2. The third-order valence-corrected chi connectivity index (χ3v) is 2.14. The average Bonchev–Trinajstić information content (AvgIpc) is 2.58. The molecule has 5 heteroatoms. The van der Waals surface area contributed by atoms with Crippen LogP contribution in [0.3, 0.4) is 0 Å². The predicted molar refractivity (Wildman–Crippen MR) is 43.9 cm³/mol. The number of rotatable bonds is 5. The van der Waals surface area contributed by atoms with Gasteiger partial charge >= 0.3 is 0 Å². The van der Waals surface area contributed by atoms with Crippen molar-refractivity contribution in [2.24, 2.45) is 0 Å². The summed E-state index contributed by atoms with van der Waals surface area (Å²) in [6, 6.07) is -0.350. The molecule has 0 radical (unpaired) electrons. The van der Waals surface area contributed by atoms with Crippen LogP contribution in [0.15, 0.2) is 0 Å². The lowest BCUT2D eigenvalue weighted by molar-refractivity contribution is 0.0462. The van der Waals surface area contributed by atoms with Crippen LogP contribution < -0.4 is 5.32 Å². The van der Waals surface area contributed by atoms with Gasteiger partial charge in [0.05, 0.1) is 25.3 Å². The molecule has 0 bridgehead atoms. The maximum Gasteiger partial charge on any atom is 0.250 e. The van der Waals surface area contributed by atoms with Crippen molar-refractivity contribution in [3.05, 3.63) is 0 Å². The molecule has 1 aliphatic heterocycles. The molecule has 1 aliphatic rings. The van der Waals surface area contributed by atoms with Gasteiger partial charge in [-0.25, -0.2) is 8.78 Å². The highest BCUT2D eigenvalue weighted by Crippen LogP contribution is 2.15. The van der Waals surface area contributed by atoms with Gasteiger partial charge in [0.2, 0.25) is 0 Å². The van der Waals surface area contributed by atoms with E-state index in [4.69, 9.17) is 9.84 Å². The molecule has 78 valence electrons. The van der Waals surface area contributed by atoms with Gasteiger partial charge in [0.1, 0.15) is 0 Å². The molecule has 2 unspecified atom stereocenters. The van der Waals surface area contributed by atoms with Gasteiger partial charge in [0.15, 0.2) is 0 Å². The largest absolute Gasteiger partial charge is 0.395 e. The zero-order chi connectivity index (χ0) is 9.68. The lowest BCUT2D eigenvalue weighted by atomic mass is 10.1. The number of alkyl halides is 2. The van der Waals surface area contributed by atoms with E-state index >= 15 is 0 Å². The van der Waals surface area contributed by atoms with Crippen molar-refractivity contribution in [1.29, 1.82) is 0 Å². The van der Waals surface area contributed by atoms with E-state index in [2.05, 4.69) is 5.32 Å². The highest BCUT2D eigenvalue weighted by molar-refractivity contribution is 4.79. The minimum absolute atomic E-state index is 0.108. The van der Waals surface area contributed by atoms with Crippen molar-refractivity contribution in [3.63, 3.8) is 0 Å². The number of nitrogens with one attached hydrogen (secondary N) is 1. The standard InChI is InChI=1S/C8H15F2NO2/c9-8(10)4-11-6(5-12)7-2-1-3-13-7/h6-8,11-12H,1-5H2. The summed E-state index contributed by atoms with van der Waals surface area (Å²) in [6.45, 7) is 0.125. The van der Waals surface area contributed by atoms with Crippen LogP contribution in [-0.4, -0.2) is 43.4 Å². The number of halogens is 2. The first-order chi connectivity index (χ1) is 6.24. The van der Waals surface area contributed by atoms with Crippen molar-refractivity contribution in [2.45, 2.75) is 31.4 Å². The molecule has 13 heavy (non-hydrogen) atoms. The summed E-state index contributed by atoms with van der Waals surface area (Å²) in [6.07, 6.45) is -0.710. The average molecular weight is 195 g/mol. The van der Waals surface area contributed by atoms with Crippen molar-refractivity contribution >= 4 is 0 Å². The molecule has 1 saturated heterocycles. The summed E-state index contributed by atoms with van der Waals surface area (Å²) in [5.74, 6) is 0. The SMILES string of the molecule is OCC(NCC(F)F)C1CCCO1. The molecule has 0 aliphatic carbocycles. The van der Waals surface area contributed by atoms with Crippen LogP contribution in [0.5, 0.6) is 0 Å². The molecule has 3 nitrogen and oxygen atoms in total. The molecule has 1 fully saturated rings. The third-order valence-electron chi connectivity index (χ3n) is 2.14. The van der Waals surface area contributed by atoms with Crippen molar-refractivity contribution in [3.8, 4) is 0 Å². The van der Waals surface area contributed by atoms with Gasteiger partial charge in [-0.1, -0.05) is 0 Å². The van der Waals surface area contributed by atoms with E-state index in [0.29, 0.717) is 6.61 Å². The van der Waals surface area contributed by atoms with Crippen LogP contribution in [-0.2, 0) is 4.74 Å². The fourth-order valence-corrected chi connectivity index (χ4v) is 1.47. The third kappa shape index (κ3) is 3.54. The minimum Gasteiger partial charge on any atom is -0.395 e. The van der Waals surface area contributed by atoms with Gasteiger partial charge in [-0.3, -0.25) is 0 Å². The lowest BCUT2D eigenvalue weighted by Crippen LogP contribution is -2.44. The van der Waals surface area contributed by atoms with Crippen LogP contribution in [0.2, 0.25) is 0 Å². The second-order valence-electron chi connectivity index (χ2n) is 3.14. The highest BCUT2D eigenvalue weighted by atomic mass is 19.3. The maximum atomic E-state index is 11.8. The normalized spacial score (nSPS) is 25.4. The van der Waals surface area contributed by atoms with Crippen LogP contribution >= 0.6 is 0 Å². The Morgan fingerprint density at radius 3 is 2.77 bits per heavy atom. The zero-order valence-corrected chi connectivity index (χ0v) is 7.38. The number of ether oxygens (including phenoxy) is 1. The molecule has 0 amide bonds. The Kier molecular flexibility index (Phi) is 4.55. The van der Waals surface area contributed by atoms with Crippen molar-refractivity contribution < 1.29 is 18.6 Å². The second kappa shape index (κ2) is 5.47. The number of hydrogen-bond donors (Lipinski definition) is 2. The fraction of sp³-hybridized carbons (Fsp3) is 1.00. The summed E-state index contributed by atoms with van der Waals surface area (Å²) >= 11 is 0. The first kappa shape index (κ1) is 10.8. The number of aliphatic hydroxyl groups is 1. The topological polar surface area (TPSA) is 41.5 Å². The summed E-state index contributed by atoms with van der Waals surface area (Å²) in [4.78, 5) is 0. The molecule has 0 spiro atoms. The summed E-state index contributed by atoms with van der Waals surface area (Å²) in [7, 11) is 0. The van der Waals surface area contributed by atoms with Gasteiger partial charge in [-0.15, -0.1) is 0 Å². The molecule has 1 rings (SSSR count). The van der Waals surface area contributed by atoms with E-state index in [0.717, 1.165) is 12.8 Å². The molecule has 0 saturated carbocycles. The first-order valence-electron chi connectivity index (χ1n) is 4.48. The quantitative estimate of drug-likeness (QED) is 0.666. The Morgan fingerprint density at radius 1 is 1.54 bits per heavy atom. The number of hydrogen-bond acceptors (Lipinski definition) is 3. The Hall–Kier alpha value is -0.260. The summed E-state index contributed by atoms with van der Waals surface area (Å²) < 4.78 is 28.9. The Bertz CT molecular complexity index is 140. The Balaban J connectivity index is 2.24. The van der Waals surface area contributed by atoms with E-state index in [1.165, 1.54) is 0 Å². The Morgan fingerprint density at radius 2 is 2.31 bits per heavy atom. The van der Waals surface area contributed by atoms with Crippen LogP contribution in [0.1, 0.15) is 12.8 Å². The molecular weight excluding hydrogens is 180 g/mol. The Labute approximate surface area is 76.1 Å². The minimum atomic E-state index is -2.38. The van der Waals surface area contributed by atoms with Crippen LogP contribution in [0, 0.1) is 0 Å². The van der Waals surface area contributed by atoms with Gasteiger partial charge in [-0.05, 0) is 12.8 Å². The van der Waals surface area contributed by atoms with Crippen LogP contribution in [0.4, 0.5) is 8.78 Å². The highest BCUT2D eigenvalue weighted by Gasteiger charge is 2.25. The van der Waals surface area contributed by atoms with Gasteiger partial charge < -0.3 is 15.2 Å². The van der Waals surface area contributed by atoms with Crippen molar-refractivity contribution in [1.82, 2.24) is 5.32 Å². The molecule has 1 heterocycles. The molecule has 0 aromatic carbocycles. The number of aliphatic hydroxyl groups excluding tert-OH is 1. The molecule has 0 aromatic rings. The molecule has 2 atom stereocenters.